The minimum absolute atomic E-state index is 0.000245. The van der Waals surface area contributed by atoms with Crippen molar-refractivity contribution in [1.82, 2.24) is 0 Å². The van der Waals surface area contributed by atoms with Crippen LogP contribution in [0.1, 0.15) is 52.7 Å². The molecule has 2 heteroatoms. The molecule has 5 rings (SSSR count). The van der Waals surface area contributed by atoms with Crippen molar-refractivity contribution in [1.29, 1.82) is 0 Å². The van der Waals surface area contributed by atoms with Crippen LogP contribution in [0.2, 0.25) is 0 Å². The van der Waals surface area contributed by atoms with Crippen LogP contribution < -0.4 is 0 Å². The van der Waals surface area contributed by atoms with E-state index in [4.69, 9.17) is 10.2 Å². The normalized spacial score (nSPS) is 11.4. The van der Waals surface area contributed by atoms with Crippen LogP contribution >= 0.6 is 0 Å². The lowest BCUT2D eigenvalue weighted by molar-refractivity contribution is 0.399. The molecule has 0 saturated heterocycles. The second-order valence-electron chi connectivity index (χ2n) is 7.88. The van der Waals surface area contributed by atoms with E-state index in [2.05, 4.69) is 111 Å². The molecule has 0 heterocycles. The van der Waals surface area contributed by atoms with Crippen LogP contribution in [0.25, 0.3) is 33.4 Å². The first-order chi connectivity index (χ1) is 17.1. The van der Waals surface area contributed by atoms with E-state index in [-0.39, 0.29) is 5.41 Å². The van der Waals surface area contributed by atoms with E-state index in [1.54, 1.807) is 0 Å². The molecule has 35 heavy (non-hydrogen) atoms. The first-order valence-corrected chi connectivity index (χ1v) is 12.4. The van der Waals surface area contributed by atoms with Gasteiger partial charge in [-0.05, 0) is 56.6 Å². The van der Waals surface area contributed by atoms with Crippen molar-refractivity contribution in [2.24, 2.45) is 0 Å². The summed E-state index contributed by atoms with van der Waals surface area (Å²) >= 11 is 0. The molecule has 1 aliphatic rings. The monoisotopic (exact) mass is 470 g/mol. The number of benzene rings is 4. The lowest BCUT2D eigenvalue weighted by Crippen LogP contribution is -2.15. The van der Waals surface area contributed by atoms with Crippen LogP contribution in [0.3, 0.4) is 0 Å². The molecule has 0 aliphatic heterocycles. The van der Waals surface area contributed by atoms with E-state index in [9.17, 15) is 0 Å². The molecular formula is C33H42O2. The summed E-state index contributed by atoms with van der Waals surface area (Å²) in [5.74, 6) is 0. The van der Waals surface area contributed by atoms with Gasteiger partial charge in [0.1, 0.15) is 0 Å². The average Bonchev–Trinajstić information content (AvgIpc) is 3.19. The van der Waals surface area contributed by atoms with E-state index in [0.29, 0.717) is 0 Å². The Morgan fingerprint density at radius 2 is 0.743 bits per heavy atom. The topological polar surface area (TPSA) is 40.5 Å². The van der Waals surface area contributed by atoms with Crippen molar-refractivity contribution in [3.8, 4) is 33.4 Å². The number of fused-ring (bicyclic) bond motifs is 3. The third-order valence-corrected chi connectivity index (χ3v) is 5.89. The average molecular weight is 471 g/mol. The Kier molecular flexibility index (Phi) is 12.7. The molecule has 0 amide bonds. The maximum absolute atomic E-state index is 7.00. The molecule has 4 aromatic carbocycles. The van der Waals surface area contributed by atoms with Crippen molar-refractivity contribution < 1.29 is 10.2 Å². The summed E-state index contributed by atoms with van der Waals surface area (Å²) < 4.78 is 0. The molecule has 186 valence electrons. The highest BCUT2D eigenvalue weighted by Gasteiger charge is 2.35. The Morgan fingerprint density at radius 1 is 0.429 bits per heavy atom. The fourth-order valence-corrected chi connectivity index (χ4v) is 4.36. The summed E-state index contributed by atoms with van der Waals surface area (Å²) in [7, 11) is 2.00. The van der Waals surface area contributed by atoms with Crippen molar-refractivity contribution in [3.05, 3.63) is 108 Å². The van der Waals surface area contributed by atoms with Gasteiger partial charge in [-0.15, -0.1) is 0 Å². The van der Waals surface area contributed by atoms with Crippen LogP contribution in [0.15, 0.2) is 97.1 Å². The Labute approximate surface area is 212 Å². The first kappa shape index (κ1) is 29.8. The molecule has 0 atom stereocenters. The molecular weight excluding hydrogens is 428 g/mol. The summed E-state index contributed by atoms with van der Waals surface area (Å²) in [6.45, 7) is 12.7. The summed E-state index contributed by atoms with van der Waals surface area (Å²) in [6.07, 6.45) is 0. The van der Waals surface area contributed by atoms with Crippen LogP contribution in [-0.4, -0.2) is 24.4 Å². The van der Waals surface area contributed by atoms with Gasteiger partial charge in [-0.25, -0.2) is 0 Å². The van der Waals surface area contributed by atoms with Crippen molar-refractivity contribution in [3.63, 3.8) is 0 Å². The van der Waals surface area contributed by atoms with Crippen LogP contribution in [0, 0.1) is 0 Å². The second kappa shape index (κ2) is 14.9. The summed E-state index contributed by atoms with van der Waals surface area (Å²) in [4.78, 5) is 0. The van der Waals surface area contributed by atoms with Gasteiger partial charge < -0.3 is 10.2 Å². The lowest BCUT2D eigenvalue weighted by Gasteiger charge is -2.22. The maximum Gasteiger partial charge on any atom is 0.0319 e. The molecule has 4 aromatic rings. The van der Waals surface area contributed by atoms with Crippen molar-refractivity contribution >= 4 is 0 Å². The van der Waals surface area contributed by atoms with Gasteiger partial charge in [0, 0.05) is 19.6 Å². The fraction of sp³-hybridized carbons (Fsp3) is 0.273. The van der Waals surface area contributed by atoms with Gasteiger partial charge in [-0.2, -0.15) is 0 Å². The fourth-order valence-electron chi connectivity index (χ4n) is 4.36. The Morgan fingerprint density at radius 3 is 1.06 bits per heavy atom. The van der Waals surface area contributed by atoms with Gasteiger partial charge >= 0.3 is 0 Å². The number of rotatable bonds is 2. The van der Waals surface area contributed by atoms with Crippen LogP contribution in [0.5, 0.6) is 0 Å². The highest BCUT2D eigenvalue weighted by Crippen LogP contribution is 2.50. The highest BCUT2D eigenvalue weighted by molar-refractivity contribution is 5.85. The smallest absolute Gasteiger partial charge is 0.0319 e. The zero-order valence-corrected chi connectivity index (χ0v) is 22.6. The molecule has 0 aromatic heterocycles. The predicted octanol–water partition coefficient (Wildman–Crippen LogP) is 8.60. The van der Waals surface area contributed by atoms with Crippen molar-refractivity contribution in [2.75, 3.05) is 14.2 Å². The van der Waals surface area contributed by atoms with Crippen LogP contribution in [0.4, 0.5) is 0 Å². The van der Waals surface area contributed by atoms with Gasteiger partial charge in [-0.1, -0.05) is 126 Å². The minimum Gasteiger partial charge on any atom is -0.400 e. The van der Waals surface area contributed by atoms with Crippen LogP contribution in [-0.2, 0) is 5.41 Å². The Bertz CT molecular complexity index is 1040. The molecule has 0 fully saturated rings. The molecule has 1 aliphatic carbocycles. The Hall–Kier alpha value is -3.20. The summed E-state index contributed by atoms with van der Waals surface area (Å²) in [5.41, 5.74) is 10.7. The molecule has 0 spiro atoms. The second-order valence-corrected chi connectivity index (χ2v) is 7.88. The van der Waals surface area contributed by atoms with Gasteiger partial charge in [0.05, 0.1) is 0 Å². The largest absolute Gasteiger partial charge is 0.400 e. The highest BCUT2D eigenvalue weighted by atomic mass is 16.2. The Balaban J connectivity index is 0.000000699. The quantitative estimate of drug-likeness (QED) is 0.308. The number of hydrogen-bond acceptors (Lipinski definition) is 2. The van der Waals surface area contributed by atoms with E-state index in [0.717, 1.165) is 14.2 Å². The van der Waals surface area contributed by atoms with Gasteiger partial charge in [0.2, 0.25) is 0 Å². The number of hydrogen-bond donors (Lipinski definition) is 2. The molecule has 0 unspecified atom stereocenters. The summed E-state index contributed by atoms with van der Waals surface area (Å²) in [5, 5.41) is 14.0. The molecule has 2 N–H and O–H groups in total. The number of aliphatic hydroxyl groups excluding tert-OH is 2. The van der Waals surface area contributed by atoms with Gasteiger partial charge in [0.15, 0.2) is 0 Å². The van der Waals surface area contributed by atoms with E-state index in [1.165, 1.54) is 44.5 Å². The standard InChI is InChI=1S/C27H22.2C2H6.2CH4O/c1-27(2)25-17-21(19-9-5-3-6-10-19)13-15-23(25)24-16-14-22(18-26(24)27)20-11-7-4-8-12-20;4*1-2/h3-18H,1-2H3;2*1-2H3;2*2H,1H3. The molecule has 0 radical (unpaired) electrons. The van der Waals surface area contributed by atoms with E-state index >= 15 is 0 Å². The summed E-state index contributed by atoms with van der Waals surface area (Å²) in [6, 6.07) is 35.2. The number of aliphatic hydroxyl groups is 2. The third kappa shape index (κ3) is 6.48. The predicted molar refractivity (Wildman–Crippen MR) is 154 cm³/mol. The molecule has 2 nitrogen and oxygen atoms in total. The minimum atomic E-state index is 0.000245. The molecule has 0 saturated carbocycles. The maximum atomic E-state index is 7.00. The third-order valence-electron chi connectivity index (χ3n) is 5.89. The van der Waals surface area contributed by atoms with Gasteiger partial charge in [0.25, 0.3) is 0 Å². The first-order valence-electron chi connectivity index (χ1n) is 12.4. The lowest BCUT2D eigenvalue weighted by atomic mass is 9.81. The zero-order valence-electron chi connectivity index (χ0n) is 22.6. The van der Waals surface area contributed by atoms with E-state index in [1.807, 2.05) is 27.7 Å². The van der Waals surface area contributed by atoms with Crippen molar-refractivity contribution in [2.45, 2.75) is 47.0 Å². The SMILES string of the molecule is CC.CC.CC1(C)c2cc(-c3ccccc3)ccc2-c2ccc(-c3ccccc3)cc21.CO.CO. The molecule has 0 bridgehead atoms. The van der Waals surface area contributed by atoms with E-state index < -0.39 is 0 Å². The van der Waals surface area contributed by atoms with Gasteiger partial charge in [-0.3, -0.25) is 0 Å². The zero-order chi connectivity index (χ0) is 26.4.